The van der Waals surface area contributed by atoms with Gasteiger partial charge in [-0.3, -0.25) is 9.69 Å². The molecular formula is C22H30N4O3. The number of carbonyl (C=O) groups is 2. The predicted octanol–water partition coefficient (Wildman–Crippen LogP) is 2.70. The van der Waals surface area contributed by atoms with Crippen LogP contribution in [0.3, 0.4) is 0 Å². The summed E-state index contributed by atoms with van der Waals surface area (Å²) in [6, 6.07) is 11.7. The van der Waals surface area contributed by atoms with Crippen LogP contribution in [-0.4, -0.2) is 59.6 Å². The van der Waals surface area contributed by atoms with Crippen LogP contribution in [0.5, 0.6) is 0 Å². The fourth-order valence-electron chi connectivity index (χ4n) is 3.59. The van der Waals surface area contributed by atoms with Crippen molar-refractivity contribution in [2.45, 2.75) is 51.3 Å². The van der Waals surface area contributed by atoms with Crippen LogP contribution in [0.4, 0.5) is 4.79 Å². The van der Waals surface area contributed by atoms with Gasteiger partial charge in [0.1, 0.15) is 11.6 Å². The van der Waals surface area contributed by atoms with Gasteiger partial charge >= 0.3 is 6.09 Å². The van der Waals surface area contributed by atoms with Gasteiger partial charge in [-0.15, -0.1) is 0 Å². The summed E-state index contributed by atoms with van der Waals surface area (Å²) in [4.78, 5) is 28.4. The largest absolute Gasteiger partial charge is 0.444 e. The van der Waals surface area contributed by atoms with Gasteiger partial charge in [-0.2, -0.15) is 5.26 Å². The molecule has 0 unspecified atom stereocenters. The van der Waals surface area contributed by atoms with E-state index in [9.17, 15) is 14.9 Å². The van der Waals surface area contributed by atoms with Crippen LogP contribution in [0, 0.1) is 17.2 Å². The van der Waals surface area contributed by atoms with Crippen molar-refractivity contribution >= 4 is 12.0 Å². The first-order chi connectivity index (χ1) is 13.8. The zero-order valence-corrected chi connectivity index (χ0v) is 17.4. The standard InChI is InChI=1S/C22H30N4O3/c1-22(2,3)29-21(28)26-12-11-25(18(13-23)14-26)15-19(27)24-20(17-9-10-17)16-7-5-4-6-8-16/h4-8,17-18,20H,9-12,14-15H2,1-3H3,(H,24,27)/t18-,20+/m0/s1. The molecule has 0 aromatic heterocycles. The number of benzene rings is 1. The van der Waals surface area contributed by atoms with Gasteiger partial charge in [-0.25, -0.2) is 4.79 Å². The van der Waals surface area contributed by atoms with E-state index in [2.05, 4.69) is 11.4 Å². The van der Waals surface area contributed by atoms with E-state index in [-0.39, 0.29) is 25.0 Å². The summed E-state index contributed by atoms with van der Waals surface area (Å²) in [5.41, 5.74) is 0.542. The van der Waals surface area contributed by atoms with Crippen LogP contribution < -0.4 is 5.32 Å². The van der Waals surface area contributed by atoms with Crippen molar-refractivity contribution in [2.24, 2.45) is 5.92 Å². The van der Waals surface area contributed by atoms with Crippen molar-refractivity contribution in [1.29, 1.82) is 5.26 Å². The third kappa shape index (κ3) is 5.94. The molecule has 1 aliphatic carbocycles. The maximum Gasteiger partial charge on any atom is 0.410 e. The van der Waals surface area contributed by atoms with Crippen LogP contribution in [0.15, 0.2) is 30.3 Å². The van der Waals surface area contributed by atoms with Gasteiger partial charge in [-0.1, -0.05) is 30.3 Å². The fraction of sp³-hybridized carbons (Fsp3) is 0.591. The minimum atomic E-state index is -0.578. The molecule has 1 aliphatic heterocycles. The normalized spacial score (nSPS) is 21.2. The van der Waals surface area contributed by atoms with Gasteiger partial charge < -0.3 is 15.0 Å². The Bertz CT molecular complexity index is 765. The van der Waals surface area contributed by atoms with E-state index in [4.69, 9.17) is 4.74 Å². The summed E-state index contributed by atoms with van der Waals surface area (Å²) >= 11 is 0. The Balaban J connectivity index is 1.56. The van der Waals surface area contributed by atoms with Crippen LogP contribution in [0.2, 0.25) is 0 Å². The lowest BCUT2D eigenvalue weighted by Crippen LogP contribution is -2.57. The number of piperazine rings is 1. The van der Waals surface area contributed by atoms with Gasteiger partial charge in [0.15, 0.2) is 0 Å². The zero-order chi connectivity index (χ0) is 21.0. The minimum Gasteiger partial charge on any atom is -0.444 e. The number of nitrogens with one attached hydrogen (secondary N) is 1. The molecule has 0 bridgehead atoms. The second-order valence-corrected chi connectivity index (χ2v) is 8.84. The first kappa shape index (κ1) is 21.1. The quantitative estimate of drug-likeness (QED) is 0.824. The number of nitriles is 1. The van der Waals surface area contributed by atoms with Gasteiger partial charge in [-0.05, 0) is 45.1 Å². The molecule has 2 amide bonds. The molecule has 1 aromatic rings. The summed E-state index contributed by atoms with van der Waals surface area (Å²) in [5, 5.41) is 12.7. The first-order valence-corrected chi connectivity index (χ1v) is 10.2. The molecule has 2 aliphatic rings. The molecule has 0 radical (unpaired) electrons. The lowest BCUT2D eigenvalue weighted by atomic mass is 10.0. The maximum atomic E-state index is 12.7. The molecule has 7 heteroatoms. The number of hydrogen-bond acceptors (Lipinski definition) is 5. The number of nitrogens with zero attached hydrogens (tertiary/aromatic N) is 3. The Morgan fingerprint density at radius 3 is 2.52 bits per heavy atom. The van der Waals surface area contributed by atoms with Gasteiger partial charge in [0.05, 0.1) is 25.2 Å². The van der Waals surface area contributed by atoms with Crippen molar-refractivity contribution < 1.29 is 14.3 Å². The van der Waals surface area contributed by atoms with E-state index >= 15 is 0 Å². The predicted molar refractivity (Wildman–Crippen MR) is 109 cm³/mol. The lowest BCUT2D eigenvalue weighted by Gasteiger charge is -2.38. The molecule has 1 N–H and O–H groups in total. The Kier molecular flexibility index (Phi) is 6.43. The highest BCUT2D eigenvalue weighted by molar-refractivity contribution is 5.79. The number of ether oxygens (including phenoxy) is 1. The molecule has 1 saturated heterocycles. The summed E-state index contributed by atoms with van der Waals surface area (Å²) in [5.74, 6) is 0.397. The molecule has 2 fully saturated rings. The number of amides is 2. The second-order valence-electron chi connectivity index (χ2n) is 8.84. The highest BCUT2D eigenvalue weighted by Crippen LogP contribution is 2.40. The van der Waals surface area contributed by atoms with Crippen molar-refractivity contribution in [3.8, 4) is 6.07 Å². The van der Waals surface area contributed by atoms with E-state index in [0.717, 1.165) is 18.4 Å². The SMILES string of the molecule is CC(C)(C)OC(=O)N1CCN(CC(=O)N[C@H](c2ccccc2)C2CC2)[C@@H](C#N)C1. The molecule has 7 nitrogen and oxygen atoms in total. The lowest BCUT2D eigenvalue weighted by molar-refractivity contribution is -0.124. The van der Waals surface area contributed by atoms with Crippen molar-refractivity contribution in [3.05, 3.63) is 35.9 Å². The van der Waals surface area contributed by atoms with Crippen LogP contribution in [0.1, 0.15) is 45.2 Å². The molecule has 156 valence electrons. The topological polar surface area (TPSA) is 85.7 Å². The first-order valence-electron chi connectivity index (χ1n) is 10.2. The number of hydrogen-bond donors (Lipinski definition) is 1. The number of carbonyl (C=O) groups excluding carboxylic acids is 2. The highest BCUT2D eigenvalue weighted by atomic mass is 16.6. The maximum absolute atomic E-state index is 12.7. The summed E-state index contributed by atoms with van der Waals surface area (Å²) in [7, 11) is 0. The number of rotatable bonds is 5. The average molecular weight is 399 g/mol. The Hall–Kier alpha value is -2.59. The Labute approximate surface area is 172 Å². The van der Waals surface area contributed by atoms with Crippen molar-refractivity contribution in [2.75, 3.05) is 26.2 Å². The summed E-state index contributed by atoms with van der Waals surface area (Å²) in [6.07, 6.45) is 1.82. The third-order valence-corrected chi connectivity index (χ3v) is 5.21. The van der Waals surface area contributed by atoms with Crippen molar-refractivity contribution in [1.82, 2.24) is 15.1 Å². The summed E-state index contributed by atoms with van der Waals surface area (Å²) < 4.78 is 5.40. The van der Waals surface area contributed by atoms with E-state index in [1.54, 1.807) is 4.90 Å². The molecule has 1 saturated carbocycles. The van der Waals surface area contributed by atoms with Gasteiger partial charge in [0.2, 0.25) is 5.91 Å². The minimum absolute atomic E-state index is 0.0206. The average Bonchev–Trinajstić information content (AvgIpc) is 3.51. The molecule has 1 heterocycles. The third-order valence-electron chi connectivity index (χ3n) is 5.21. The van der Waals surface area contributed by atoms with E-state index in [1.807, 2.05) is 56.0 Å². The van der Waals surface area contributed by atoms with E-state index in [0.29, 0.717) is 19.0 Å². The smallest absolute Gasteiger partial charge is 0.410 e. The van der Waals surface area contributed by atoms with Crippen molar-refractivity contribution in [3.63, 3.8) is 0 Å². The highest BCUT2D eigenvalue weighted by Gasteiger charge is 2.36. The van der Waals surface area contributed by atoms with E-state index < -0.39 is 17.7 Å². The molecular weight excluding hydrogens is 368 g/mol. The molecule has 29 heavy (non-hydrogen) atoms. The molecule has 2 atom stereocenters. The van der Waals surface area contributed by atoms with Crippen LogP contribution >= 0.6 is 0 Å². The monoisotopic (exact) mass is 398 g/mol. The fourth-order valence-corrected chi connectivity index (χ4v) is 3.59. The second kappa shape index (κ2) is 8.83. The van der Waals surface area contributed by atoms with E-state index in [1.165, 1.54) is 0 Å². The van der Waals surface area contributed by atoms with Crippen LogP contribution in [-0.2, 0) is 9.53 Å². The summed E-state index contributed by atoms with van der Waals surface area (Å²) in [6.45, 7) is 6.73. The molecule has 3 rings (SSSR count). The Morgan fingerprint density at radius 2 is 1.93 bits per heavy atom. The molecule has 0 spiro atoms. The van der Waals surface area contributed by atoms with Gasteiger partial charge in [0, 0.05) is 13.1 Å². The Morgan fingerprint density at radius 1 is 1.24 bits per heavy atom. The zero-order valence-electron chi connectivity index (χ0n) is 17.4. The van der Waals surface area contributed by atoms with Gasteiger partial charge in [0.25, 0.3) is 0 Å². The molecule has 1 aromatic carbocycles. The van der Waals surface area contributed by atoms with Crippen LogP contribution in [0.25, 0.3) is 0 Å².